The summed E-state index contributed by atoms with van der Waals surface area (Å²) < 4.78 is 0. The molecular weight excluding hydrogens is 648 g/mol. The van der Waals surface area contributed by atoms with Gasteiger partial charge in [0.25, 0.3) is 17.7 Å². The summed E-state index contributed by atoms with van der Waals surface area (Å²) in [6.07, 6.45) is 6.64. The van der Waals surface area contributed by atoms with Crippen LogP contribution in [0.3, 0.4) is 0 Å². The number of anilines is 2. The van der Waals surface area contributed by atoms with Crippen LogP contribution in [0.25, 0.3) is 0 Å². The van der Waals surface area contributed by atoms with E-state index in [0.29, 0.717) is 36.8 Å². The van der Waals surface area contributed by atoms with Crippen LogP contribution in [-0.4, -0.2) is 115 Å². The van der Waals surface area contributed by atoms with E-state index in [4.69, 9.17) is 0 Å². The molecule has 13 nitrogen and oxygen atoms in total. The smallest absolute Gasteiger partial charge is 0.281 e. The van der Waals surface area contributed by atoms with Crippen LogP contribution in [0.15, 0.2) is 30.5 Å². The SMILES string of the molecule is CNC(=O)C(CCC=O)N1C(=O)c2cnc(N3CCN(CCC4CCN(c5ccc(C(=O)NC6C(C)(C)CC6(C)C)cc5)CC4)CC3)nc2C1=O. The van der Waals surface area contributed by atoms with E-state index >= 15 is 0 Å². The fourth-order valence-corrected chi connectivity index (χ4v) is 8.98. The lowest BCUT2D eigenvalue weighted by molar-refractivity contribution is -0.124. The lowest BCUT2D eigenvalue weighted by atomic mass is 9.52. The average Bonchev–Trinajstić information content (AvgIpc) is 3.37. The molecule has 3 fully saturated rings. The van der Waals surface area contributed by atoms with E-state index < -0.39 is 23.8 Å². The van der Waals surface area contributed by atoms with Crippen LogP contribution in [0.5, 0.6) is 0 Å². The molecule has 1 atom stereocenters. The molecule has 6 rings (SSSR count). The first-order chi connectivity index (χ1) is 24.3. The zero-order valence-electron chi connectivity index (χ0n) is 30.6. The van der Waals surface area contributed by atoms with E-state index in [9.17, 15) is 24.0 Å². The normalized spacial score (nSPS) is 21.2. The Balaban J connectivity index is 0.942. The molecule has 2 N–H and O–H groups in total. The van der Waals surface area contributed by atoms with Gasteiger partial charge in [0.15, 0.2) is 0 Å². The van der Waals surface area contributed by atoms with Gasteiger partial charge in [0.05, 0.1) is 5.56 Å². The molecule has 1 aromatic heterocycles. The average molecular weight is 701 g/mol. The van der Waals surface area contributed by atoms with E-state index in [2.05, 4.69) is 70.2 Å². The van der Waals surface area contributed by atoms with Crippen molar-refractivity contribution in [1.29, 1.82) is 0 Å². The Morgan fingerprint density at radius 3 is 2.22 bits per heavy atom. The summed E-state index contributed by atoms with van der Waals surface area (Å²) in [6.45, 7) is 15.0. The minimum absolute atomic E-state index is 0.00239. The molecule has 2 aromatic rings. The lowest BCUT2D eigenvalue weighted by Gasteiger charge is -2.57. The van der Waals surface area contributed by atoms with Gasteiger partial charge in [-0.25, -0.2) is 9.97 Å². The number of likely N-dealkylation sites (N-methyl/N-ethyl adjacent to an activating group) is 1. The Hall–Kier alpha value is -4.39. The van der Waals surface area contributed by atoms with Gasteiger partial charge in [0, 0.05) is 76.2 Å². The maximum atomic E-state index is 13.3. The van der Waals surface area contributed by atoms with Gasteiger partial charge in [0.2, 0.25) is 11.9 Å². The molecule has 4 amide bonds. The molecule has 4 heterocycles. The van der Waals surface area contributed by atoms with E-state index in [1.165, 1.54) is 18.9 Å². The summed E-state index contributed by atoms with van der Waals surface area (Å²) in [5.74, 6) is -0.703. The number of carbonyl (C=O) groups is 5. The van der Waals surface area contributed by atoms with Gasteiger partial charge in [-0.2, -0.15) is 0 Å². The summed E-state index contributed by atoms with van der Waals surface area (Å²) in [4.78, 5) is 79.5. The van der Waals surface area contributed by atoms with E-state index in [-0.39, 0.29) is 46.9 Å². The number of amides is 4. The van der Waals surface area contributed by atoms with Crippen LogP contribution in [0.4, 0.5) is 11.6 Å². The number of carbonyl (C=O) groups excluding carboxylic acids is 5. The van der Waals surface area contributed by atoms with E-state index in [1.807, 2.05) is 17.0 Å². The second-order valence-electron chi connectivity index (χ2n) is 15.9. The molecule has 4 aliphatic rings. The number of piperazine rings is 1. The zero-order valence-corrected chi connectivity index (χ0v) is 30.6. The monoisotopic (exact) mass is 700 g/mol. The summed E-state index contributed by atoms with van der Waals surface area (Å²) in [6, 6.07) is 7.16. The van der Waals surface area contributed by atoms with Crippen molar-refractivity contribution >= 4 is 41.6 Å². The Morgan fingerprint density at radius 1 is 0.941 bits per heavy atom. The highest BCUT2D eigenvalue weighted by Crippen LogP contribution is 2.53. The minimum Gasteiger partial charge on any atom is -0.372 e. The molecule has 0 bridgehead atoms. The Bertz CT molecular complexity index is 1630. The number of piperidine rings is 1. The van der Waals surface area contributed by atoms with Crippen LogP contribution < -0.4 is 20.4 Å². The number of fused-ring (bicyclic) bond motifs is 1. The minimum atomic E-state index is -1.09. The number of benzene rings is 1. The molecule has 1 saturated carbocycles. The molecule has 1 aromatic carbocycles. The third-order valence-corrected chi connectivity index (χ3v) is 11.4. The van der Waals surface area contributed by atoms with Crippen molar-refractivity contribution in [1.82, 2.24) is 30.4 Å². The summed E-state index contributed by atoms with van der Waals surface area (Å²) in [5, 5.41) is 5.76. The number of hydrogen-bond donors (Lipinski definition) is 2. The van der Waals surface area contributed by atoms with Gasteiger partial charge < -0.3 is 25.2 Å². The van der Waals surface area contributed by atoms with Crippen molar-refractivity contribution in [2.45, 2.75) is 78.3 Å². The fourth-order valence-electron chi connectivity index (χ4n) is 8.98. The van der Waals surface area contributed by atoms with Crippen LogP contribution in [0.2, 0.25) is 0 Å². The fraction of sp³-hybridized carbons (Fsp3) is 0.605. The van der Waals surface area contributed by atoms with Gasteiger partial charge in [0.1, 0.15) is 18.0 Å². The first kappa shape index (κ1) is 36.4. The number of aromatic nitrogens is 2. The first-order valence-corrected chi connectivity index (χ1v) is 18.4. The molecule has 0 radical (unpaired) electrons. The molecule has 51 heavy (non-hydrogen) atoms. The van der Waals surface area contributed by atoms with Crippen LogP contribution in [-0.2, 0) is 9.59 Å². The highest BCUT2D eigenvalue weighted by Gasteiger charge is 2.53. The Kier molecular flexibility index (Phi) is 10.5. The number of nitrogens with zero attached hydrogens (tertiary/aromatic N) is 6. The summed E-state index contributed by atoms with van der Waals surface area (Å²) in [7, 11) is 1.43. The molecule has 13 heteroatoms. The number of hydrogen-bond acceptors (Lipinski definition) is 10. The predicted molar refractivity (Wildman–Crippen MR) is 194 cm³/mol. The number of nitrogens with one attached hydrogen (secondary N) is 2. The number of imide groups is 1. The maximum Gasteiger partial charge on any atom is 0.281 e. The third-order valence-electron chi connectivity index (χ3n) is 11.4. The summed E-state index contributed by atoms with van der Waals surface area (Å²) >= 11 is 0. The van der Waals surface area contributed by atoms with Crippen LogP contribution in [0, 0.1) is 16.7 Å². The number of aldehydes is 1. The molecule has 0 spiro atoms. The highest BCUT2D eigenvalue weighted by atomic mass is 16.2. The third kappa shape index (κ3) is 7.49. The molecule has 1 unspecified atom stereocenters. The van der Waals surface area contributed by atoms with Crippen molar-refractivity contribution in [2.75, 3.05) is 62.7 Å². The molecule has 2 saturated heterocycles. The topological polar surface area (TPSA) is 148 Å². The van der Waals surface area contributed by atoms with E-state index in [0.717, 1.165) is 63.3 Å². The standard InChI is InChI=1S/C38H52N8O5/c1-37(2)24-38(3,4)35(37)42-31(48)26-8-10-27(11-9-26)44-16-13-25(14-17-44)12-15-43-18-20-45(21-19-43)36-40-23-28-30(41-36)34(51)46(33(28)50)29(7-6-22-47)32(49)39-5/h8-11,22-23,25,29,35H,6-7,12-21,24H2,1-5H3,(H,39,49)(H,42,48). The molecular formula is C38H52N8O5. The van der Waals surface area contributed by atoms with Gasteiger partial charge in [-0.1, -0.05) is 27.7 Å². The predicted octanol–water partition coefficient (Wildman–Crippen LogP) is 3.15. The van der Waals surface area contributed by atoms with Crippen molar-refractivity contribution in [3.8, 4) is 0 Å². The van der Waals surface area contributed by atoms with Crippen LogP contribution in [0.1, 0.15) is 97.4 Å². The van der Waals surface area contributed by atoms with Crippen LogP contribution >= 0.6 is 0 Å². The highest BCUT2D eigenvalue weighted by molar-refractivity contribution is 6.22. The van der Waals surface area contributed by atoms with Crippen molar-refractivity contribution in [3.63, 3.8) is 0 Å². The summed E-state index contributed by atoms with van der Waals surface area (Å²) in [5.41, 5.74) is 2.19. The second-order valence-corrected chi connectivity index (χ2v) is 15.9. The van der Waals surface area contributed by atoms with Gasteiger partial charge in [-0.3, -0.25) is 29.0 Å². The van der Waals surface area contributed by atoms with E-state index in [1.54, 1.807) is 0 Å². The largest absolute Gasteiger partial charge is 0.372 e. The Labute approximate surface area is 300 Å². The second kappa shape index (κ2) is 14.7. The van der Waals surface area contributed by atoms with Crippen molar-refractivity contribution < 1.29 is 24.0 Å². The van der Waals surface area contributed by atoms with Gasteiger partial charge in [-0.15, -0.1) is 0 Å². The Morgan fingerprint density at radius 2 is 1.61 bits per heavy atom. The molecule has 1 aliphatic carbocycles. The molecule has 274 valence electrons. The molecule has 3 aliphatic heterocycles. The van der Waals surface area contributed by atoms with Gasteiger partial charge >= 0.3 is 0 Å². The zero-order chi connectivity index (χ0) is 36.5. The first-order valence-electron chi connectivity index (χ1n) is 18.4. The van der Waals surface area contributed by atoms with Crippen molar-refractivity contribution in [3.05, 3.63) is 47.3 Å². The van der Waals surface area contributed by atoms with Gasteiger partial charge in [-0.05, 0) is 79.7 Å². The van der Waals surface area contributed by atoms with Crippen molar-refractivity contribution in [2.24, 2.45) is 16.7 Å². The number of rotatable bonds is 12. The lowest BCUT2D eigenvalue weighted by Crippen LogP contribution is -2.63. The maximum absolute atomic E-state index is 13.3. The quantitative estimate of drug-likeness (QED) is 0.250.